The van der Waals surface area contributed by atoms with Gasteiger partial charge < -0.3 is 5.32 Å². The largest absolute Gasteiger partial charge is 0.366 e. The molecule has 0 atom stereocenters. The summed E-state index contributed by atoms with van der Waals surface area (Å²) in [6, 6.07) is 7.29. The predicted octanol–water partition coefficient (Wildman–Crippen LogP) is 2.25. The molecule has 0 spiro atoms. The van der Waals surface area contributed by atoms with Gasteiger partial charge in [-0.2, -0.15) is 0 Å². The van der Waals surface area contributed by atoms with Gasteiger partial charge in [-0.15, -0.1) is 10.2 Å². The molecule has 0 bridgehead atoms. The highest BCUT2D eigenvalue weighted by Gasteiger charge is 2.29. The normalized spacial score (nSPS) is 17.4. The smallest absolute Gasteiger partial charge is 0.212 e. The molecule has 0 aliphatic heterocycles. The van der Waals surface area contributed by atoms with Gasteiger partial charge in [0.15, 0.2) is 4.74 Å². The van der Waals surface area contributed by atoms with Gasteiger partial charge in [-0.1, -0.05) is 30.8 Å². The Bertz CT molecular complexity index is 594. The van der Waals surface area contributed by atoms with Crippen molar-refractivity contribution in [2.45, 2.75) is 0 Å². The van der Waals surface area contributed by atoms with E-state index in [2.05, 4.69) is 43.0 Å². The van der Waals surface area contributed by atoms with E-state index in [9.17, 15) is 4.79 Å². The van der Waals surface area contributed by atoms with Crippen molar-refractivity contribution >= 4 is 44.1 Å². The van der Waals surface area contributed by atoms with Gasteiger partial charge in [0, 0.05) is 18.2 Å². The van der Waals surface area contributed by atoms with Gasteiger partial charge >= 0.3 is 0 Å². The first-order valence-corrected chi connectivity index (χ1v) is 6.28. The van der Waals surface area contributed by atoms with E-state index >= 15 is 0 Å². The van der Waals surface area contributed by atoms with Crippen LogP contribution in [0.3, 0.4) is 0 Å². The molecule has 1 aliphatic carbocycles. The number of aliphatic imine (C=N–C) groups is 1. The monoisotopic (exact) mass is 318 g/mol. The van der Waals surface area contributed by atoms with E-state index in [1.54, 1.807) is 13.1 Å². The van der Waals surface area contributed by atoms with Crippen LogP contribution in [0.1, 0.15) is 15.9 Å². The van der Waals surface area contributed by atoms with Crippen LogP contribution in [0.4, 0.5) is 0 Å². The van der Waals surface area contributed by atoms with E-state index < -0.39 is 0 Å². The first-order valence-electron chi connectivity index (χ1n) is 5.49. The van der Waals surface area contributed by atoms with Gasteiger partial charge in [-0.05, 0) is 21.5 Å². The van der Waals surface area contributed by atoms with Crippen molar-refractivity contribution in [2.75, 3.05) is 7.05 Å². The number of nitrogens with zero attached hydrogens (tertiary/aromatic N) is 3. The fourth-order valence-electron chi connectivity index (χ4n) is 1.68. The van der Waals surface area contributed by atoms with Crippen molar-refractivity contribution in [1.29, 1.82) is 0 Å². The fourth-order valence-corrected chi connectivity index (χ4v) is 1.77. The summed E-state index contributed by atoms with van der Waals surface area (Å²) in [6.45, 7) is 3.89. The maximum atomic E-state index is 12.1. The van der Waals surface area contributed by atoms with Crippen LogP contribution in [0.25, 0.3) is 5.57 Å². The number of hydrogen-bond acceptors (Lipinski definition) is 3. The number of carbonyl (C=O) groups excluding carboxylic acids is 1. The van der Waals surface area contributed by atoms with Crippen molar-refractivity contribution in [3.8, 4) is 0 Å². The maximum absolute atomic E-state index is 12.1. The standard InChI is InChI=1S/C13H11BrN4O/c1-8-9-5-3-4-6-10(9)12(19)11(8)16-7-17-18-13(14)15-2/h3-7H,1H2,2H3,(H,15,18)/b16-11+,17-7+. The molecular weight excluding hydrogens is 308 g/mol. The van der Waals surface area contributed by atoms with Crippen LogP contribution in [0.5, 0.6) is 0 Å². The summed E-state index contributed by atoms with van der Waals surface area (Å²) in [6.07, 6.45) is 1.23. The SMILES string of the molecule is C=C1\C(=N/C=N/N=C(/Br)NC)C(=O)c2ccccc21. The zero-order valence-electron chi connectivity index (χ0n) is 10.2. The molecule has 5 nitrogen and oxygen atoms in total. The Morgan fingerprint density at radius 1 is 1.37 bits per heavy atom. The number of benzene rings is 1. The highest BCUT2D eigenvalue weighted by atomic mass is 79.9. The van der Waals surface area contributed by atoms with Gasteiger partial charge in [0.2, 0.25) is 5.78 Å². The third-order valence-electron chi connectivity index (χ3n) is 2.59. The third kappa shape index (κ3) is 2.68. The first kappa shape index (κ1) is 13.4. The van der Waals surface area contributed by atoms with Crippen LogP contribution in [0.2, 0.25) is 0 Å². The van der Waals surface area contributed by atoms with Crippen LogP contribution < -0.4 is 5.32 Å². The van der Waals surface area contributed by atoms with E-state index in [0.29, 0.717) is 21.6 Å². The second-order valence-electron chi connectivity index (χ2n) is 3.70. The Morgan fingerprint density at radius 3 is 2.68 bits per heavy atom. The van der Waals surface area contributed by atoms with E-state index in [-0.39, 0.29) is 5.78 Å². The van der Waals surface area contributed by atoms with Crippen molar-refractivity contribution in [3.63, 3.8) is 0 Å². The van der Waals surface area contributed by atoms with Crippen molar-refractivity contribution in [3.05, 3.63) is 42.0 Å². The number of halogens is 1. The molecule has 0 heterocycles. The Hall–Kier alpha value is -2.08. The van der Waals surface area contributed by atoms with Gasteiger partial charge in [-0.25, -0.2) is 4.99 Å². The number of amidine groups is 1. The minimum atomic E-state index is -0.135. The minimum absolute atomic E-state index is 0.135. The summed E-state index contributed by atoms with van der Waals surface area (Å²) in [5.41, 5.74) is 2.36. The quantitative estimate of drug-likeness (QED) is 0.393. The molecule has 2 rings (SSSR count). The third-order valence-corrected chi connectivity index (χ3v) is 3.14. The Labute approximate surface area is 119 Å². The number of fused-ring (bicyclic) bond motifs is 1. The Morgan fingerprint density at radius 2 is 2.05 bits per heavy atom. The molecule has 6 heteroatoms. The Balaban J connectivity index is 2.25. The summed E-state index contributed by atoms with van der Waals surface area (Å²) in [5.74, 6) is -0.135. The topological polar surface area (TPSA) is 66.2 Å². The summed E-state index contributed by atoms with van der Waals surface area (Å²) >= 11 is 3.13. The molecular formula is C13H11BrN4O. The molecule has 0 saturated heterocycles. The molecule has 0 amide bonds. The zero-order chi connectivity index (χ0) is 13.8. The molecule has 1 aromatic carbocycles. The molecule has 96 valence electrons. The van der Waals surface area contributed by atoms with Crippen molar-refractivity contribution < 1.29 is 4.79 Å². The van der Waals surface area contributed by atoms with E-state index in [1.165, 1.54) is 6.34 Å². The summed E-state index contributed by atoms with van der Waals surface area (Å²) in [5, 5.41) is 10.2. The van der Waals surface area contributed by atoms with Gasteiger partial charge in [0.1, 0.15) is 12.1 Å². The van der Waals surface area contributed by atoms with Gasteiger partial charge in [0.25, 0.3) is 0 Å². The first-order chi connectivity index (χ1) is 9.15. The van der Waals surface area contributed by atoms with Crippen LogP contribution in [0, 0.1) is 0 Å². The highest BCUT2D eigenvalue weighted by molar-refractivity contribution is 9.18. The number of Topliss-reactive ketones (excluding diaryl/α,β-unsaturated/α-hetero) is 1. The molecule has 0 radical (unpaired) electrons. The molecule has 0 saturated carbocycles. The zero-order valence-corrected chi connectivity index (χ0v) is 11.8. The second-order valence-corrected chi connectivity index (χ2v) is 4.45. The average Bonchev–Trinajstić information content (AvgIpc) is 2.68. The average molecular weight is 319 g/mol. The molecule has 0 aromatic heterocycles. The van der Waals surface area contributed by atoms with Gasteiger partial charge in [0.05, 0.1) is 0 Å². The molecule has 0 fully saturated rings. The minimum Gasteiger partial charge on any atom is -0.366 e. The van der Waals surface area contributed by atoms with E-state index in [0.717, 1.165) is 5.56 Å². The Kier molecular flexibility index (Phi) is 4.01. The lowest BCUT2D eigenvalue weighted by molar-refractivity contribution is 0.107. The summed E-state index contributed by atoms with van der Waals surface area (Å²) in [7, 11) is 1.70. The number of ketones is 1. The lowest BCUT2D eigenvalue weighted by Crippen LogP contribution is -2.09. The number of rotatable bonds is 2. The lowest BCUT2D eigenvalue weighted by Gasteiger charge is -1.94. The number of hydrogen-bond donors (Lipinski definition) is 1. The number of carbonyl (C=O) groups is 1. The summed E-state index contributed by atoms with van der Waals surface area (Å²) in [4.78, 5) is 16.1. The molecule has 19 heavy (non-hydrogen) atoms. The number of nitrogens with one attached hydrogen (secondary N) is 1. The molecule has 1 N–H and O–H groups in total. The van der Waals surface area contributed by atoms with E-state index in [4.69, 9.17) is 0 Å². The van der Waals surface area contributed by atoms with Crippen LogP contribution in [-0.4, -0.2) is 29.6 Å². The summed E-state index contributed by atoms with van der Waals surface area (Å²) < 4.78 is 0.476. The lowest BCUT2D eigenvalue weighted by atomic mass is 10.1. The second kappa shape index (κ2) is 5.71. The van der Waals surface area contributed by atoms with E-state index in [1.807, 2.05) is 18.2 Å². The van der Waals surface area contributed by atoms with Crippen LogP contribution >= 0.6 is 15.9 Å². The van der Waals surface area contributed by atoms with Crippen molar-refractivity contribution in [1.82, 2.24) is 5.32 Å². The number of allylic oxidation sites excluding steroid dienone is 1. The van der Waals surface area contributed by atoms with Crippen LogP contribution in [0.15, 0.2) is 46.0 Å². The predicted molar refractivity (Wildman–Crippen MR) is 81.2 cm³/mol. The molecule has 1 aliphatic rings. The van der Waals surface area contributed by atoms with Crippen LogP contribution in [-0.2, 0) is 0 Å². The molecule has 1 aromatic rings. The molecule has 0 unspecified atom stereocenters. The maximum Gasteiger partial charge on any atom is 0.212 e. The van der Waals surface area contributed by atoms with Crippen molar-refractivity contribution in [2.24, 2.45) is 15.2 Å². The fraction of sp³-hybridized carbons (Fsp3) is 0.0769. The van der Waals surface area contributed by atoms with Gasteiger partial charge in [-0.3, -0.25) is 4.79 Å². The highest BCUT2D eigenvalue weighted by Crippen LogP contribution is 2.28.